The van der Waals surface area contributed by atoms with Gasteiger partial charge in [0.2, 0.25) is 0 Å². The Morgan fingerprint density at radius 3 is 2.43 bits per heavy atom. The molecule has 0 aliphatic heterocycles. The zero-order chi connectivity index (χ0) is 16.8. The lowest BCUT2D eigenvalue weighted by Gasteiger charge is -2.13. The first-order valence-corrected chi connectivity index (χ1v) is 7.36. The number of nitrogens with zero attached hydrogens (tertiary/aromatic N) is 1. The van der Waals surface area contributed by atoms with Gasteiger partial charge in [0, 0.05) is 12.2 Å². The molecule has 0 aliphatic rings. The molecular weight excluding hydrogens is 292 g/mol. The first-order valence-electron chi connectivity index (χ1n) is 7.36. The average Bonchev–Trinajstić information content (AvgIpc) is 2.49. The molecule has 2 rings (SSSR count). The minimum absolute atomic E-state index is 0.00717. The Kier molecular flexibility index (Phi) is 5.30. The minimum atomic E-state index is -0.353. The standard InChI is InChI=1S/C17H20N4O2/c1-11(2)19-17(23)20-14-7-5-4-6-13(14)16(22)21-15-9-8-12(3)10-18-15/h4-11H,1-3H3,(H,18,21,22)(H2,19,20,23). The van der Waals surface area contributed by atoms with Crippen LogP contribution in [-0.4, -0.2) is 23.0 Å². The number of rotatable bonds is 4. The lowest BCUT2D eigenvalue weighted by molar-refractivity contribution is 0.102. The zero-order valence-electron chi connectivity index (χ0n) is 13.4. The van der Waals surface area contributed by atoms with E-state index in [0.717, 1.165) is 5.56 Å². The molecule has 2 aromatic rings. The van der Waals surface area contributed by atoms with Crippen LogP contribution < -0.4 is 16.0 Å². The van der Waals surface area contributed by atoms with Crippen LogP contribution >= 0.6 is 0 Å². The fourth-order valence-electron chi connectivity index (χ4n) is 1.94. The number of aromatic nitrogens is 1. The number of hydrogen-bond acceptors (Lipinski definition) is 3. The number of anilines is 2. The summed E-state index contributed by atoms with van der Waals surface area (Å²) in [4.78, 5) is 28.4. The van der Waals surface area contributed by atoms with Gasteiger partial charge in [-0.2, -0.15) is 0 Å². The molecule has 1 aromatic heterocycles. The molecule has 1 aromatic carbocycles. The second-order valence-electron chi connectivity index (χ2n) is 5.47. The predicted molar refractivity (Wildman–Crippen MR) is 90.7 cm³/mol. The van der Waals surface area contributed by atoms with E-state index in [1.54, 1.807) is 36.5 Å². The zero-order valence-corrected chi connectivity index (χ0v) is 13.4. The van der Waals surface area contributed by atoms with E-state index in [0.29, 0.717) is 17.1 Å². The van der Waals surface area contributed by atoms with Gasteiger partial charge in [-0.1, -0.05) is 18.2 Å². The molecule has 1 heterocycles. The molecule has 3 N–H and O–H groups in total. The second kappa shape index (κ2) is 7.40. The Morgan fingerprint density at radius 1 is 1.04 bits per heavy atom. The van der Waals surface area contributed by atoms with E-state index >= 15 is 0 Å². The van der Waals surface area contributed by atoms with Gasteiger partial charge in [0.15, 0.2) is 0 Å². The van der Waals surface area contributed by atoms with Crippen LogP contribution in [0.2, 0.25) is 0 Å². The van der Waals surface area contributed by atoms with Crippen molar-refractivity contribution in [3.63, 3.8) is 0 Å². The molecule has 0 unspecified atom stereocenters. The van der Waals surface area contributed by atoms with Crippen LogP contribution in [0.1, 0.15) is 29.8 Å². The summed E-state index contributed by atoms with van der Waals surface area (Å²) in [7, 11) is 0. The quantitative estimate of drug-likeness (QED) is 0.811. The molecule has 0 fully saturated rings. The number of carbonyl (C=O) groups excluding carboxylic acids is 2. The largest absolute Gasteiger partial charge is 0.336 e. The normalized spacial score (nSPS) is 10.3. The van der Waals surface area contributed by atoms with E-state index < -0.39 is 0 Å². The molecular formula is C17H20N4O2. The highest BCUT2D eigenvalue weighted by molar-refractivity contribution is 6.09. The summed E-state index contributed by atoms with van der Waals surface area (Å²) in [5, 5.41) is 8.12. The van der Waals surface area contributed by atoms with Crippen LogP contribution in [0.4, 0.5) is 16.3 Å². The van der Waals surface area contributed by atoms with Crippen LogP contribution in [0.25, 0.3) is 0 Å². The van der Waals surface area contributed by atoms with Gasteiger partial charge < -0.3 is 16.0 Å². The van der Waals surface area contributed by atoms with Gasteiger partial charge in [-0.25, -0.2) is 9.78 Å². The third-order valence-electron chi connectivity index (χ3n) is 2.99. The van der Waals surface area contributed by atoms with Gasteiger partial charge in [0.25, 0.3) is 5.91 Å². The van der Waals surface area contributed by atoms with E-state index in [1.165, 1.54) is 0 Å². The number of aryl methyl sites for hydroxylation is 1. The third-order valence-corrected chi connectivity index (χ3v) is 2.99. The molecule has 3 amide bonds. The Labute approximate surface area is 135 Å². The summed E-state index contributed by atoms with van der Waals surface area (Å²) < 4.78 is 0. The van der Waals surface area contributed by atoms with Gasteiger partial charge in [-0.15, -0.1) is 0 Å². The molecule has 0 radical (unpaired) electrons. The number of pyridine rings is 1. The summed E-state index contributed by atoms with van der Waals surface area (Å²) in [5.74, 6) is 0.129. The summed E-state index contributed by atoms with van der Waals surface area (Å²) in [6.45, 7) is 5.65. The Hall–Kier alpha value is -2.89. The maximum atomic E-state index is 12.4. The first kappa shape index (κ1) is 16.5. The van der Waals surface area contributed by atoms with Crippen molar-refractivity contribution >= 4 is 23.4 Å². The van der Waals surface area contributed by atoms with Crippen molar-refractivity contribution in [1.82, 2.24) is 10.3 Å². The fraction of sp³-hybridized carbons (Fsp3) is 0.235. The van der Waals surface area contributed by atoms with Crippen LogP contribution in [0.15, 0.2) is 42.6 Å². The van der Waals surface area contributed by atoms with Gasteiger partial charge in [0.1, 0.15) is 5.82 Å². The first-order chi connectivity index (χ1) is 11.0. The molecule has 0 aliphatic carbocycles. The molecule has 6 nitrogen and oxygen atoms in total. The number of nitrogens with one attached hydrogen (secondary N) is 3. The predicted octanol–water partition coefficient (Wildman–Crippen LogP) is 3.17. The maximum Gasteiger partial charge on any atom is 0.319 e. The molecule has 6 heteroatoms. The fourth-order valence-corrected chi connectivity index (χ4v) is 1.94. The van der Waals surface area contributed by atoms with Crippen molar-refractivity contribution in [1.29, 1.82) is 0 Å². The SMILES string of the molecule is Cc1ccc(NC(=O)c2ccccc2NC(=O)NC(C)C)nc1. The molecule has 0 atom stereocenters. The number of urea groups is 1. The van der Waals surface area contributed by atoms with Gasteiger partial charge in [-0.05, 0) is 44.5 Å². The van der Waals surface area contributed by atoms with Crippen molar-refractivity contribution in [3.05, 3.63) is 53.7 Å². The van der Waals surface area contributed by atoms with Crippen LogP contribution in [0.3, 0.4) is 0 Å². The highest BCUT2D eigenvalue weighted by atomic mass is 16.2. The summed E-state index contributed by atoms with van der Waals surface area (Å²) in [6.07, 6.45) is 1.68. The summed E-state index contributed by atoms with van der Waals surface area (Å²) >= 11 is 0. The van der Waals surface area contributed by atoms with Gasteiger partial charge in [-0.3, -0.25) is 4.79 Å². The van der Waals surface area contributed by atoms with Gasteiger partial charge >= 0.3 is 6.03 Å². The smallest absolute Gasteiger partial charge is 0.319 e. The number of carbonyl (C=O) groups is 2. The second-order valence-corrected chi connectivity index (χ2v) is 5.47. The topological polar surface area (TPSA) is 83.1 Å². The van der Waals surface area contributed by atoms with Crippen molar-refractivity contribution in [2.75, 3.05) is 10.6 Å². The minimum Gasteiger partial charge on any atom is -0.336 e. The monoisotopic (exact) mass is 312 g/mol. The van der Waals surface area contributed by atoms with Crippen LogP contribution in [-0.2, 0) is 0 Å². The van der Waals surface area contributed by atoms with Crippen molar-refractivity contribution in [3.8, 4) is 0 Å². The highest BCUT2D eigenvalue weighted by Gasteiger charge is 2.14. The Morgan fingerprint density at radius 2 is 1.78 bits per heavy atom. The molecule has 120 valence electrons. The molecule has 0 saturated heterocycles. The summed E-state index contributed by atoms with van der Waals surface area (Å²) in [5.41, 5.74) is 1.82. The third kappa shape index (κ3) is 4.81. The van der Waals surface area contributed by atoms with Crippen molar-refractivity contribution in [2.24, 2.45) is 0 Å². The van der Waals surface area contributed by atoms with E-state index in [9.17, 15) is 9.59 Å². The Bertz CT molecular complexity index is 696. The lowest BCUT2D eigenvalue weighted by Crippen LogP contribution is -2.34. The molecule has 0 bridgehead atoms. The van der Waals surface area contributed by atoms with E-state index in [1.807, 2.05) is 26.8 Å². The van der Waals surface area contributed by atoms with E-state index in [2.05, 4.69) is 20.9 Å². The Balaban J connectivity index is 2.14. The molecule has 0 spiro atoms. The number of benzene rings is 1. The van der Waals surface area contributed by atoms with Crippen LogP contribution in [0, 0.1) is 6.92 Å². The van der Waals surface area contributed by atoms with Crippen molar-refractivity contribution in [2.45, 2.75) is 26.8 Å². The highest BCUT2D eigenvalue weighted by Crippen LogP contribution is 2.17. The number of hydrogen-bond donors (Lipinski definition) is 3. The summed E-state index contributed by atoms with van der Waals surface area (Å²) in [6, 6.07) is 10.1. The molecule has 0 saturated carbocycles. The van der Waals surface area contributed by atoms with E-state index in [4.69, 9.17) is 0 Å². The maximum absolute atomic E-state index is 12.4. The van der Waals surface area contributed by atoms with Gasteiger partial charge in [0.05, 0.1) is 11.3 Å². The lowest BCUT2D eigenvalue weighted by atomic mass is 10.1. The number of amides is 3. The average molecular weight is 312 g/mol. The van der Waals surface area contributed by atoms with E-state index in [-0.39, 0.29) is 18.0 Å². The number of para-hydroxylation sites is 1. The van der Waals surface area contributed by atoms with Crippen molar-refractivity contribution < 1.29 is 9.59 Å². The molecule has 23 heavy (non-hydrogen) atoms. The van der Waals surface area contributed by atoms with Crippen LogP contribution in [0.5, 0.6) is 0 Å².